The Bertz CT molecular complexity index is 1070. The number of piperidine rings is 1. The predicted molar refractivity (Wildman–Crippen MR) is 136 cm³/mol. The number of anilines is 1. The first-order chi connectivity index (χ1) is 16.0. The van der Waals surface area contributed by atoms with E-state index in [9.17, 15) is 4.79 Å². The van der Waals surface area contributed by atoms with Crippen molar-refractivity contribution in [2.24, 2.45) is 5.92 Å². The molecule has 1 aliphatic heterocycles. The van der Waals surface area contributed by atoms with Crippen LogP contribution >= 0.6 is 23.4 Å². The molecule has 1 fully saturated rings. The van der Waals surface area contributed by atoms with Crippen LogP contribution in [0.5, 0.6) is 0 Å². The van der Waals surface area contributed by atoms with Crippen molar-refractivity contribution >= 4 is 35.1 Å². The molecule has 0 radical (unpaired) electrons. The van der Waals surface area contributed by atoms with Gasteiger partial charge in [-0.3, -0.25) is 4.79 Å². The molecule has 7 heteroatoms. The number of carbonyl (C=O) groups is 1. The number of rotatable bonds is 7. The summed E-state index contributed by atoms with van der Waals surface area (Å²) in [6.07, 6.45) is 2.17. The Hall–Kier alpha value is -2.57. The van der Waals surface area contributed by atoms with E-state index < -0.39 is 0 Å². The van der Waals surface area contributed by atoms with E-state index in [4.69, 9.17) is 16.6 Å². The lowest BCUT2D eigenvalue weighted by Gasteiger charge is -2.30. The van der Waals surface area contributed by atoms with Crippen molar-refractivity contribution in [2.45, 2.75) is 37.2 Å². The summed E-state index contributed by atoms with van der Waals surface area (Å²) in [5, 5.41) is 1.07. The smallest absolute Gasteiger partial charge is 0.253 e. The third-order valence-electron chi connectivity index (χ3n) is 5.95. The van der Waals surface area contributed by atoms with Crippen LogP contribution in [-0.2, 0) is 12.3 Å². The Morgan fingerprint density at radius 3 is 2.45 bits per heavy atom. The van der Waals surface area contributed by atoms with Gasteiger partial charge in [0.15, 0.2) is 5.16 Å². The SMILES string of the molecule is CC1CCN(C(=O)c2ccc(CSc3nc(Cl)cc(N(C)Cc4ccccc4)n3)cc2)CC1. The molecule has 1 amide bonds. The highest BCUT2D eigenvalue weighted by Crippen LogP contribution is 2.25. The fraction of sp³-hybridized carbons (Fsp3) is 0.346. The summed E-state index contributed by atoms with van der Waals surface area (Å²) in [4.78, 5) is 25.9. The summed E-state index contributed by atoms with van der Waals surface area (Å²) < 4.78 is 0. The van der Waals surface area contributed by atoms with E-state index in [1.807, 2.05) is 54.4 Å². The topological polar surface area (TPSA) is 49.3 Å². The summed E-state index contributed by atoms with van der Waals surface area (Å²) in [6, 6.07) is 19.9. The largest absolute Gasteiger partial charge is 0.355 e. The molecule has 1 aromatic heterocycles. The highest BCUT2D eigenvalue weighted by molar-refractivity contribution is 7.98. The highest BCUT2D eigenvalue weighted by Gasteiger charge is 2.21. The van der Waals surface area contributed by atoms with Crippen LogP contribution in [-0.4, -0.2) is 40.9 Å². The lowest BCUT2D eigenvalue weighted by Crippen LogP contribution is -2.37. The zero-order valence-corrected chi connectivity index (χ0v) is 20.6. The van der Waals surface area contributed by atoms with E-state index in [-0.39, 0.29) is 5.91 Å². The maximum atomic E-state index is 12.7. The lowest BCUT2D eigenvalue weighted by molar-refractivity contribution is 0.0697. The average molecular weight is 481 g/mol. The first-order valence-corrected chi connectivity index (χ1v) is 12.6. The Morgan fingerprint density at radius 2 is 1.76 bits per heavy atom. The molecule has 4 rings (SSSR count). The highest BCUT2D eigenvalue weighted by atomic mass is 35.5. The molecule has 0 bridgehead atoms. The van der Waals surface area contributed by atoms with Gasteiger partial charge in [0, 0.05) is 44.1 Å². The summed E-state index contributed by atoms with van der Waals surface area (Å²) in [5.41, 5.74) is 3.08. The maximum absolute atomic E-state index is 12.7. The Labute approximate surface area is 205 Å². The molecule has 0 N–H and O–H groups in total. The first-order valence-electron chi connectivity index (χ1n) is 11.3. The molecule has 2 aromatic carbocycles. The number of hydrogen-bond acceptors (Lipinski definition) is 5. The number of carbonyl (C=O) groups excluding carboxylic acids is 1. The Morgan fingerprint density at radius 1 is 1.06 bits per heavy atom. The number of aromatic nitrogens is 2. The zero-order chi connectivity index (χ0) is 23.2. The van der Waals surface area contributed by atoms with Crippen molar-refractivity contribution in [1.82, 2.24) is 14.9 Å². The number of benzene rings is 2. The van der Waals surface area contributed by atoms with Gasteiger partial charge < -0.3 is 9.80 Å². The van der Waals surface area contributed by atoms with Gasteiger partial charge in [-0.2, -0.15) is 0 Å². The third-order valence-corrected chi connectivity index (χ3v) is 7.07. The molecule has 2 heterocycles. The van der Waals surface area contributed by atoms with Crippen LogP contribution < -0.4 is 4.90 Å². The number of nitrogens with zero attached hydrogens (tertiary/aromatic N) is 4. The third kappa shape index (κ3) is 6.49. The molecule has 0 atom stereocenters. The lowest BCUT2D eigenvalue weighted by atomic mass is 9.98. The molecule has 0 spiro atoms. The predicted octanol–water partition coefficient (Wildman–Crippen LogP) is 5.93. The van der Waals surface area contributed by atoms with Crippen LogP contribution in [0.25, 0.3) is 0 Å². The fourth-order valence-corrected chi connectivity index (χ4v) is 4.91. The second-order valence-electron chi connectivity index (χ2n) is 8.63. The van der Waals surface area contributed by atoms with Crippen LogP contribution in [0.15, 0.2) is 65.8 Å². The average Bonchev–Trinajstić information content (AvgIpc) is 2.83. The van der Waals surface area contributed by atoms with Crippen molar-refractivity contribution in [2.75, 3.05) is 25.0 Å². The minimum atomic E-state index is 0.130. The second-order valence-corrected chi connectivity index (χ2v) is 9.96. The van der Waals surface area contributed by atoms with Crippen molar-refractivity contribution in [3.63, 3.8) is 0 Å². The van der Waals surface area contributed by atoms with Crippen LogP contribution in [0.3, 0.4) is 0 Å². The van der Waals surface area contributed by atoms with Gasteiger partial charge in [-0.15, -0.1) is 0 Å². The Balaban J connectivity index is 1.36. The quantitative estimate of drug-likeness (QED) is 0.238. The van der Waals surface area contributed by atoms with Crippen LogP contribution in [0.4, 0.5) is 5.82 Å². The van der Waals surface area contributed by atoms with Crippen LogP contribution in [0.2, 0.25) is 5.15 Å². The molecular formula is C26H29ClN4OS. The minimum absolute atomic E-state index is 0.130. The molecule has 5 nitrogen and oxygen atoms in total. The van der Waals surface area contributed by atoms with Crippen molar-refractivity contribution in [3.8, 4) is 0 Å². The van der Waals surface area contributed by atoms with Gasteiger partial charge in [-0.25, -0.2) is 9.97 Å². The van der Waals surface area contributed by atoms with Crippen LogP contribution in [0, 0.1) is 5.92 Å². The molecule has 33 heavy (non-hydrogen) atoms. The maximum Gasteiger partial charge on any atom is 0.253 e. The van der Waals surface area contributed by atoms with Gasteiger partial charge in [0.05, 0.1) is 0 Å². The summed E-state index contributed by atoms with van der Waals surface area (Å²) in [6.45, 7) is 4.70. The molecule has 1 aliphatic rings. The van der Waals surface area contributed by atoms with Gasteiger partial charge >= 0.3 is 0 Å². The molecular weight excluding hydrogens is 452 g/mol. The molecule has 0 unspecified atom stereocenters. The summed E-state index contributed by atoms with van der Waals surface area (Å²) >= 11 is 7.82. The van der Waals surface area contributed by atoms with Crippen molar-refractivity contribution in [1.29, 1.82) is 0 Å². The number of halogens is 1. The standard InChI is InChI=1S/C26H29ClN4OS/c1-19-12-14-31(15-13-19)25(32)22-10-8-21(9-11-22)18-33-26-28-23(27)16-24(29-26)30(2)17-20-6-4-3-5-7-20/h3-11,16,19H,12-15,17-18H2,1-2H3. The van der Waals surface area contributed by atoms with E-state index >= 15 is 0 Å². The molecule has 0 saturated carbocycles. The van der Waals surface area contributed by atoms with E-state index in [1.165, 1.54) is 17.3 Å². The van der Waals surface area contributed by atoms with Gasteiger partial charge in [-0.1, -0.05) is 72.8 Å². The fourth-order valence-electron chi connectivity index (χ4n) is 3.87. The van der Waals surface area contributed by atoms with E-state index in [0.717, 1.165) is 49.4 Å². The zero-order valence-electron chi connectivity index (χ0n) is 19.1. The molecule has 0 aliphatic carbocycles. The molecule has 172 valence electrons. The van der Waals surface area contributed by atoms with Crippen LogP contribution in [0.1, 0.15) is 41.3 Å². The van der Waals surface area contributed by atoms with Gasteiger partial charge in [0.2, 0.25) is 0 Å². The van der Waals surface area contributed by atoms with Gasteiger partial charge in [0.25, 0.3) is 5.91 Å². The molecule has 1 saturated heterocycles. The number of amides is 1. The number of hydrogen-bond donors (Lipinski definition) is 0. The normalized spacial score (nSPS) is 14.3. The number of thioether (sulfide) groups is 1. The monoisotopic (exact) mass is 480 g/mol. The number of likely N-dealkylation sites (tertiary alicyclic amines) is 1. The molecule has 3 aromatic rings. The Kier molecular flexibility index (Phi) is 7.89. The van der Waals surface area contributed by atoms with E-state index in [0.29, 0.717) is 22.0 Å². The van der Waals surface area contributed by atoms with E-state index in [1.54, 1.807) is 6.07 Å². The van der Waals surface area contributed by atoms with Crippen molar-refractivity contribution < 1.29 is 4.79 Å². The second kappa shape index (κ2) is 11.0. The first kappa shape index (κ1) is 23.6. The van der Waals surface area contributed by atoms with Gasteiger partial charge in [0.1, 0.15) is 11.0 Å². The van der Waals surface area contributed by atoms with Crippen molar-refractivity contribution in [3.05, 3.63) is 82.5 Å². The minimum Gasteiger partial charge on any atom is -0.355 e. The summed E-state index contributed by atoms with van der Waals surface area (Å²) in [7, 11) is 2.00. The van der Waals surface area contributed by atoms with Gasteiger partial charge in [-0.05, 0) is 42.0 Å². The van der Waals surface area contributed by atoms with E-state index in [2.05, 4.69) is 28.9 Å². The summed E-state index contributed by atoms with van der Waals surface area (Å²) in [5.74, 6) is 2.34.